The molecule has 2 aliphatic rings. The molecule has 2 unspecified atom stereocenters. The van der Waals surface area contributed by atoms with Gasteiger partial charge in [-0.1, -0.05) is 0 Å². The summed E-state index contributed by atoms with van der Waals surface area (Å²) in [5, 5.41) is 0. The van der Waals surface area contributed by atoms with Crippen LogP contribution < -0.4 is 15.4 Å². The summed E-state index contributed by atoms with van der Waals surface area (Å²) in [6, 6.07) is 6.95. The van der Waals surface area contributed by atoms with Crippen LogP contribution >= 0.6 is 0 Å². The van der Waals surface area contributed by atoms with E-state index in [-0.39, 0.29) is 23.7 Å². The van der Waals surface area contributed by atoms with Crippen LogP contribution in [0.5, 0.6) is 5.75 Å². The fourth-order valence-electron chi connectivity index (χ4n) is 2.30. The number of carbonyl (C=O) groups excluding carboxylic acids is 2. The van der Waals surface area contributed by atoms with E-state index in [4.69, 9.17) is 10.5 Å². The van der Waals surface area contributed by atoms with Crippen LogP contribution in [0.1, 0.15) is 6.42 Å². The molecule has 5 heteroatoms. The van der Waals surface area contributed by atoms with Crippen LogP contribution in [0.3, 0.4) is 0 Å². The molecule has 0 aromatic heterocycles. The van der Waals surface area contributed by atoms with Crippen molar-refractivity contribution in [2.24, 2.45) is 17.6 Å². The van der Waals surface area contributed by atoms with E-state index < -0.39 is 0 Å². The lowest BCUT2D eigenvalue weighted by atomic mass is 10.2. The number of nitrogens with two attached hydrogens (primary N) is 1. The second-order valence-electron chi connectivity index (χ2n) is 4.59. The maximum absolute atomic E-state index is 11.9. The van der Waals surface area contributed by atoms with Crippen molar-refractivity contribution in [3.63, 3.8) is 0 Å². The Balaban J connectivity index is 1.77. The topological polar surface area (TPSA) is 72.6 Å². The molecule has 0 spiro atoms. The fourth-order valence-corrected chi connectivity index (χ4v) is 2.30. The van der Waals surface area contributed by atoms with Gasteiger partial charge in [0.25, 0.3) is 0 Å². The molecule has 1 saturated heterocycles. The van der Waals surface area contributed by atoms with E-state index in [9.17, 15) is 9.59 Å². The molecule has 0 radical (unpaired) electrons. The molecule has 1 aromatic rings. The highest BCUT2D eigenvalue weighted by Gasteiger charge is 2.59. The standard InChI is InChI=1S/C13H14N2O3/c14-5-6-18-9-3-1-8(2-4-9)15-12(16)10-7-11(10)13(15)17/h1-4,10-11H,5-7,14H2. The summed E-state index contributed by atoms with van der Waals surface area (Å²) in [7, 11) is 0. The van der Waals surface area contributed by atoms with E-state index in [1.807, 2.05) is 0 Å². The van der Waals surface area contributed by atoms with Gasteiger partial charge in [0, 0.05) is 6.54 Å². The van der Waals surface area contributed by atoms with Crippen molar-refractivity contribution in [2.45, 2.75) is 6.42 Å². The third-order valence-electron chi connectivity index (χ3n) is 3.35. The number of amides is 2. The summed E-state index contributed by atoms with van der Waals surface area (Å²) in [5.41, 5.74) is 5.96. The van der Waals surface area contributed by atoms with E-state index in [0.717, 1.165) is 6.42 Å². The molecule has 94 valence electrons. The molecule has 1 aliphatic carbocycles. The van der Waals surface area contributed by atoms with Crippen molar-refractivity contribution >= 4 is 17.5 Å². The monoisotopic (exact) mass is 246 g/mol. The van der Waals surface area contributed by atoms with E-state index in [1.165, 1.54) is 4.90 Å². The Bertz CT molecular complexity index is 477. The first-order valence-electron chi connectivity index (χ1n) is 6.03. The van der Waals surface area contributed by atoms with Crippen LogP contribution in [-0.4, -0.2) is 25.0 Å². The van der Waals surface area contributed by atoms with Crippen LogP contribution in [-0.2, 0) is 9.59 Å². The number of imide groups is 1. The molecule has 2 N–H and O–H groups in total. The summed E-state index contributed by atoms with van der Waals surface area (Å²) < 4.78 is 5.34. The maximum atomic E-state index is 11.9. The minimum atomic E-state index is -0.0689. The van der Waals surface area contributed by atoms with Crippen LogP contribution in [0.4, 0.5) is 5.69 Å². The molecule has 18 heavy (non-hydrogen) atoms. The van der Waals surface area contributed by atoms with Crippen LogP contribution in [0.25, 0.3) is 0 Å². The van der Waals surface area contributed by atoms with Gasteiger partial charge < -0.3 is 10.5 Å². The zero-order chi connectivity index (χ0) is 12.7. The number of piperidine rings is 1. The second kappa shape index (κ2) is 4.10. The third kappa shape index (κ3) is 1.67. The van der Waals surface area contributed by atoms with E-state index >= 15 is 0 Å². The number of fused-ring (bicyclic) bond motifs is 1. The van der Waals surface area contributed by atoms with Gasteiger partial charge in [-0.25, -0.2) is 0 Å². The highest BCUT2D eigenvalue weighted by Crippen LogP contribution is 2.48. The Morgan fingerprint density at radius 3 is 2.33 bits per heavy atom. The Morgan fingerprint density at radius 2 is 1.78 bits per heavy atom. The molecular weight excluding hydrogens is 232 g/mol. The Labute approximate surface area is 105 Å². The maximum Gasteiger partial charge on any atom is 0.237 e. The molecule has 1 heterocycles. The largest absolute Gasteiger partial charge is 0.492 e. The number of ether oxygens (including phenoxy) is 1. The minimum absolute atomic E-state index is 0.0642. The summed E-state index contributed by atoms with van der Waals surface area (Å²) in [4.78, 5) is 25.0. The Kier molecular flexibility index (Phi) is 2.56. The number of carbonyl (C=O) groups is 2. The minimum Gasteiger partial charge on any atom is -0.492 e. The van der Waals surface area contributed by atoms with Crippen molar-refractivity contribution in [2.75, 3.05) is 18.1 Å². The zero-order valence-electron chi connectivity index (χ0n) is 9.83. The summed E-state index contributed by atoms with van der Waals surface area (Å²) in [6.07, 6.45) is 0.728. The normalized spacial score (nSPS) is 25.3. The third-order valence-corrected chi connectivity index (χ3v) is 3.35. The fraction of sp³-hybridized carbons (Fsp3) is 0.385. The SMILES string of the molecule is NCCOc1ccc(N2C(=O)C3CC3C2=O)cc1. The lowest BCUT2D eigenvalue weighted by molar-refractivity contribution is -0.123. The van der Waals surface area contributed by atoms with E-state index in [1.54, 1.807) is 24.3 Å². The number of nitrogens with zero attached hydrogens (tertiary/aromatic N) is 1. The molecule has 1 aliphatic heterocycles. The molecule has 0 bridgehead atoms. The lowest BCUT2D eigenvalue weighted by Gasteiger charge is -2.16. The molecular formula is C13H14N2O3. The van der Waals surface area contributed by atoms with Crippen molar-refractivity contribution in [1.82, 2.24) is 0 Å². The number of rotatable bonds is 4. The summed E-state index contributed by atoms with van der Waals surface area (Å²) in [5.74, 6) is 0.422. The average molecular weight is 246 g/mol. The average Bonchev–Trinajstić information content (AvgIpc) is 3.13. The van der Waals surface area contributed by atoms with Gasteiger partial charge in [-0.15, -0.1) is 0 Å². The van der Waals surface area contributed by atoms with Crippen LogP contribution in [0, 0.1) is 11.8 Å². The Morgan fingerprint density at radius 1 is 1.17 bits per heavy atom. The summed E-state index contributed by atoms with van der Waals surface area (Å²) >= 11 is 0. The second-order valence-corrected chi connectivity index (χ2v) is 4.59. The van der Waals surface area contributed by atoms with E-state index in [0.29, 0.717) is 24.6 Å². The predicted octanol–water partition coefficient (Wildman–Crippen LogP) is 0.533. The van der Waals surface area contributed by atoms with Crippen molar-refractivity contribution < 1.29 is 14.3 Å². The molecule has 1 saturated carbocycles. The molecule has 2 amide bonds. The number of anilines is 1. The predicted molar refractivity (Wildman–Crippen MR) is 65.1 cm³/mol. The molecule has 5 nitrogen and oxygen atoms in total. The van der Waals surface area contributed by atoms with Gasteiger partial charge in [0.05, 0.1) is 17.5 Å². The first kappa shape index (κ1) is 11.2. The van der Waals surface area contributed by atoms with Gasteiger partial charge in [0.1, 0.15) is 12.4 Å². The van der Waals surface area contributed by atoms with Crippen LogP contribution in [0.15, 0.2) is 24.3 Å². The van der Waals surface area contributed by atoms with Gasteiger partial charge in [-0.2, -0.15) is 0 Å². The van der Waals surface area contributed by atoms with Gasteiger partial charge in [0.2, 0.25) is 11.8 Å². The van der Waals surface area contributed by atoms with Gasteiger partial charge in [-0.05, 0) is 30.7 Å². The Hall–Kier alpha value is -1.88. The first-order valence-corrected chi connectivity index (χ1v) is 6.03. The van der Waals surface area contributed by atoms with Crippen molar-refractivity contribution in [3.05, 3.63) is 24.3 Å². The van der Waals surface area contributed by atoms with Gasteiger partial charge >= 0.3 is 0 Å². The van der Waals surface area contributed by atoms with Gasteiger partial charge in [0.15, 0.2) is 0 Å². The van der Waals surface area contributed by atoms with Crippen molar-refractivity contribution in [1.29, 1.82) is 0 Å². The highest BCUT2D eigenvalue weighted by molar-refractivity contribution is 6.24. The first-order chi connectivity index (χ1) is 8.72. The van der Waals surface area contributed by atoms with Crippen molar-refractivity contribution in [3.8, 4) is 5.75 Å². The number of hydrogen-bond acceptors (Lipinski definition) is 4. The summed E-state index contributed by atoms with van der Waals surface area (Å²) in [6.45, 7) is 0.902. The molecule has 3 rings (SSSR count). The smallest absolute Gasteiger partial charge is 0.237 e. The molecule has 2 atom stereocenters. The zero-order valence-corrected chi connectivity index (χ0v) is 9.83. The molecule has 1 aromatic carbocycles. The van der Waals surface area contributed by atoms with Crippen LogP contribution in [0.2, 0.25) is 0 Å². The number of hydrogen-bond donors (Lipinski definition) is 1. The van der Waals surface area contributed by atoms with E-state index in [2.05, 4.69) is 0 Å². The number of benzene rings is 1. The lowest BCUT2D eigenvalue weighted by Crippen LogP contribution is -2.32. The molecule has 2 fully saturated rings. The quantitative estimate of drug-likeness (QED) is 0.787. The van der Waals surface area contributed by atoms with Gasteiger partial charge in [-0.3, -0.25) is 14.5 Å². The highest BCUT2D eigenvalue weighted by atomic mass is 16.5.